The summed E-state index contributed by atoms with van der Waals surface area (Å²) in [5.74, 6) is 1.87. The zero-order chi connectivity index (χ0) is 14.1. The van der Waals surface area contributed by atoms with Gasteiger partial charge in [-0.3, -0.25) is 0 Å². The minimum Gasteiger partial charge on any atom is -0.334 e. The summed E-state index contributed by atoms with van der Waals surface area (Å²) in [6.07, 6.45) is 4.66. The highest BCUT2D eigenvalue weighted by molar-refractivity contribution is 5.30. The number of rotatable bonds is 5. The Morgan fingerprint density at radius 1 is 1.30 bits per heavy atom. The van der Waals surface area contributed by atoms with Crippen LogP contribution in [-0.2, 0) is 13.6 Å². The first-order valence-electron chi connectivity index (χ1n) is 7.43. The standard InChI is InChI=1S/C17H23N3/c1-12-6-4-5-7-16(12)17(14-8-9-14)19-11-15-10-18-13(2)20(15)3/h4-7,10,14,17,19H,8-9,11H2,1-3H3. The van der Waals surface area contributed by atoms with Crippen molar-refractivity contribution in [2.75, 3.05) is 0 Å². The molecule has 1 atom stereocenters. The van der Waals surface area contributed by atoms with Crippen LogP contribution in [-0.4, -0.2) is 9.55 Å². The molecule has 1 aromatic carbocycles. The quantitative estimate of drug-likeness (QED) is 0.902. The molecular formula is C17H23N3. The number of aromatic nitrogens is 2. The highest BCUT2D eigenvalue weighted by Gasteiger charge is 2.32. The summed E-state index contributed by atoms with van der Waals surface area (Å²) in [5.41, 5.74) is 4.09. The third kappa shape index (κ3) is 2.63. The highest BCUT2D eigenvalue weighted by atomic mass is 15.1. The summed E-state index contributed by atoms with van der Waals surface area (Å²) in [6, 6.07) is 9.22. The average Bonchev–Trinajstić information content (AvgIpc) is 3.23. The molecule has 1 saturated carbocycles. The van der Waals surface area contributed by atoms with Crippen molar-refractivity contribution in [1.29, 1.82) is 0 Å². The number of nitrogens with one attached hydrogen (secondary N) is 1. The fraction of sp³-hybridized carbons (Fsp3) is 0.471. The fourth-order valence-corrected chi connectivity index (χ4v) is 2.82. The van der Waals surface area contributed by atoms with Gasteiger partial charge in [-0.1, -0.05) is 24.3 Å². The molecule has 0 amide bonds. The van der Waals surface area contributed by atoms with Crippen molar-refractivity contribution in [3.63, 3.8) is 0 Å². The molecule has 1 aliphatic rings. The Labute approximate surface area is 121 Å². The van der Waals surface area contributed by atoms with Gasteiger partial charge in [0.2, 0.25) is 0 Å². The number of hydrogen-bond acceptors (Lipinski definition) is 2. The Balaban J connectivity index is 1.76. The van der Waals surface area contributed by atoms with Crippen molar-refractivity contribution in [3.8, 4) is 0 Å². The molecule has 3 heteroatoms. The maximum atomic E-state index is 4.37. The zero-order valence-corrected chi connectivity index (χ0v) is 12.6. The summed E-state index contributed by atoms with van der Waals surface area (Å²) in [5, 5.41) is 3.75. The molecule has 0 saturated heterocycles. The second-order valence-electron chi connectivity index (χ2n) is 5.91. The predicted octanol–water partition coefficient (Wildman–Crippen LogP) is 3.28. The van der Waals surface area contributed by atoms with E-state index >= 15 is 0 Å². The van der Waals surface area contributed by atoms with E-state index in [4.69, 9.17) is 0 Å². The van der Waals surface area contributed by atoms with Crippen LogP contribution in [0.3, 0.4) is 0 Å². The SMILES string of the molecule is Cc1ccccc1C(NCc1cnc(C)n1C)C1CC1. The van der Waals surface area contributed by atoms with Crippen LogP contribution in [0, 0.1) is 19.8 Å². The van der Waals surface area contributed by atoms with Crippen LogP contribution < -0.4 is 5.32 Å². The van der Waals surface area contributed by atoms with E-state index in [1.165, 1.54) is 29.7 Å². The minimum atomic E-state index is 0.478. The summed E-state index contributed by atoms with van der Waals surface area (Å²) in [4.78, 5) is 4.37. The van der Waals surface area contributed by atoms with Crippen LogP contribution in [0.5, 0.6) is 0 Å². The van der Waals surface area contributed by atoms with Crippen molar-refractivity contribution in [2.24, 2.45) is 13.0 Å². The van der Waals surface area contributed by atoms with Gasteiger partial charge >= 0.3 is 0 Å². The maximum absolute atomic E-state index is 4.37. The van der Waals surface area contributed by atoms with E-state index in [0.29, 0.717) is 6.04 Å². The van der Waals surface area contributed by atoms with E-state index in [9.17, 15) is 0 Å². The van der Waals surface area contributed by atoms with Crippen LogP contribution in [0.2, 0.25) is 0 Å². The van der Waals surface area contributed by atoms with Gasteiger partial charge in [0.15, 0.2) is 0 Å². The third-order valence-corrected chi connectivity index (χ3v) is 4.44. The third-order valence-electron chi connectivity index (χ3n) is 4.44. The highest BCUT2D eigenvalue weighted by Crippen LogP contribution is 2.41. The van der Waals surface area contributed by atoms with Gasteiger partial charge in [-0.05, 0) is 43.7 Å². The van der Waals surface area contributed by atoms with Crippen LogP contribution in [0.15, 0.2) is 30.5 Å². The topological polar surface area (TPSA) is 29.9 Å². The van der Waals surface area contributed by atoms with E-state index in [1.807, 2.05) is 13.1 Å². The summed E-state index contributed by atoms with van der Waals surface area (Å²) < 4.78 is 2.16. The first kappa shape index (κ1) is 13.4. The molecule has 0 bridgehead atoms. The summed E-state index contributed by atoms with van der Waals surface area (Å²) in [6.45, 7) is 5.14. The molecule has 20 heavy (non-hydrogen) atoms. The van der Waals surface area contributed by atoms with Crippen molar-refractivity contribution in [2.45, 2.75) is 39.3 Å². The van der Waals surface area contributed by atoms with Crippen molar-refractivity contribution < 1.29 is 0 Å². The lowest BCUT2D eigenvalue weighted by Crippen LogP contribution is -2.24. The normalized spacial score (nSPS) is 16.4. The molecule has 1 aliphatic carbocycles. The number of benzene rings is 1. The first-order valence-corrected chi connectivity index (χ1v) is 7.43. The van der Waals surface area contributed by atoms with Gasteiger partial charge in [-0.25, -0.2) is 4.98 Å². The molecule has 1 N–H and O–H groups in total. The smallest absolute Gasteiger partial charge is 0.105 e. The van der Waals surface area contributed by atoms with E-state index < -0.39 is 0 Å². The van der Waals surface area contributed by atoms with Gasteiger partial charge in [0, 0.05) is 25.8 Å². The lowest BCUT2D eigenvalue weighted by molar-refractivity contribution is 0.470. The molecule has 1 fully saturated rings. The lowest BCUT2D eigenvalue weighted by Gasteiger charge is -2.21. The minimum absolute atomic E-state index is 0.478. The lowest BCUT2D eigenvalue weighted by atomic mass is 9.97. The van der Waals surface area contributed by atoms with Crippen LogP contribution in [0.4, 0.5) is 0 Å². The molecule has 0 radical (unpaired) electrons. The van der Waals surface area contributed by atoms with Crippen LogP contribution in [0.1, 0.15) is 41.5 Å². The number of hydrogen-bond donors (Lipinski definition) is 1. The van der Waals surface area contributed by atoms with Crippen LogP contribution >= 0.6 is 0 Å². The number of nitrogens with zero attached hydrogens (tertiary/aromatic N) is 2. The molecule has 1 heterocycles. The van der Waals surface area contributed by atoms with Crippen molar-refractivity contribution in [3.05, 3.63) is 53.1 Å². The predicted molar refractivity (Wildman–Crippen MR) is 81.4 cm³/mol. The Bertz CT molecular complexity index is 596. The van der Waals surface area contributed by atoms with Gasteiger partial charge < -0.3 is 9.88 Å². The molecule has 0 aliphatic heterocycles. The van der Waals surface area contributed by atoms with Crippen molar-refractivity contribution >= 4 is 0 Å². The van der Waals surface area contributed by atoms with E-state index in [1.54, 1.807) is 0 Å². The first-order chi connectivity index (χ1) is 9.66. The molecule has 2 aromatic rings. The van der Waals surface area contributed by atoms with Gasteiger partial charge in [0.05, 0.1) is 5.69 Å². The number of aryl methyl sites for hydroxylation is 2. The Kier molecular flexibility index (Phi) is 3.62. The largest absolute Gasteiger partial charge is 0.334 e. The fourth-order valence-electron chi connectivity index (χ4n) is 2.82. The van der Waals surface area contributed by atoms with Gasteiger partial charge in [-0.15, -0.1) is 0 Å². The van der Waals surface area contributed by atoms with Gasteiger partial charge in [0.25, 0.3) is 0 Å². The van der Waals surface area contributed by atoms with Gasteiger partial charge in [0.1, 0.15) is 5.82 Å². The molecule has 3 nitrogen and oxygen atoms in total. The average molecular weight is 269 g/mol. The number of imidazole rings is 1. The van der Waals surface area contributed by atoms with Crippen molar-refractivity contribution in [1.82, 2.24) is 14.9 Å². The van der Waals surface area contributed by atoms with Gasteiger partial charge in [-0.2, -0.15) is 0 Å². The van der Waals surface area contributed by atoms with E-state index in [0.717, 1.165) is 18.3 Å². The molecule has 3 rings (SSSR count). The summed E-state index contributed by atoms with van der Waals surface area (Å²) in [7, 11) is 2.08. The Morgan fingerprint density at radius 2 is 2.05 bits per heavy atom. The second kappa shape index (κ2) is 5.41. The molecule has 106 valence electrons. The monoisotopic (exact) mass is 269 g/mol. The van der Waals surface area contributed by atoms with E-state index in [2.05, 4.69) is 53.1 Å². The van der Waals surface area contributed by atoms with E-state index in [-0.39, 0.29) is 0 Å². The van der Waals surface area contributed by atoms with Crippen LogP contribution in [0.25, 0.3) is 0 Å². The molecule has 1 aromatic heterocycles. The Morgan fingerprint density at radius 3 is 2.65 bits per heavy atom. The Hall–Kier alpha value is -1.61. The zero-order valence-electron chi connectivity index (χ0n) is 12.6. The molecular weight excluding hydrogens is 246 g/mol. The summed E-state index contributed by atoms with van der Waals surface area (Å²) >= 11 is 0. The molecule has 0 spiro atoms. The molecule has 1 unspecified atom stereocenters. The second-order valence-corrected chi connectivity index (χ2v) is 5.91. The maximum Gasteiger partial charge on any atom is 0.105 e.